The van der Waals surface area contributed by atoms with Crippen LogP contribution in [0.1, 0.15) is 16.4 Å². The smallest absolute Gasteiger partial charge is 0.374 e. The molecule has 0 aliphatic rings. The molecule has 1 aromatic carbocycles. The summed E-state index contributed by atoms with van der Waals surface area (Å²) in [6.45, 7) is -0.122. The van der Waals surface area contributed by atoms with Gasteiger partial charge in [-0.05, 0) is 12.1 Å². The number of esters is 1. The van der Waals surface area contributed by atoms with Gasteiger partial charge in [-0.1, -0.05) is 18.2 Å². The highest BCUT2D eigenvalue weighted by atomic mass is 16.5. The summed E-state index contributed by atoms with van der Waals surface area (Å²) in [5.41, 5.74) is 6.24. The molecular weight excluding hydrogens is 298 g/mol. The van der Waals surface area contributed by atoms with Crippen LogP contribution < -0.4 is 10.6 Å². The van der Waals surface area contributed by atoms with E-state index in [2.05, 4.69) is 15.0 Å². The average molecular weight is 313 g/mol. The molecule has 0 atom stereocenters. The number of carbonyl (C=O) groups is 1. The monoisotopic (exact) mass is 313 g/mol. The zero-order valence-corrected chi connectivity index (χ0v) is 12.7. The first-order chi connectivity index (χ1) is 11.0. The predicted octanol–water partition coefficient (Wildman–Crippen LogP) is 1.62. The summed E-state index contributed by atoms with van der Waals surface area (Å²) in [6.07, 6.45) is 0. The fourth-order valence-electron chi connectivity index (χ4n) is 1.97. The topological polar surface area (TPSA) is 107 Å². The summed E-state index contributed by atoms with van der Waals surface area (Å²) in [4.78, 5) is 25.8. The Kier molecular flexibility index (Phi) is 3.80. The molecule has 2 heterocycles. The van der Waals surface area contributed by atoms with Crippen LogP contribution >= 0.6 is 0 Å². The molecule has 2 N–H and O–H groups in total. The summed E-state index contributed by atoms with van der Waals surface area (Å²) in [6, 6.07) is 8.96. The molecule has 0 aliphatic heterocycles. The molecule has 0 spiro atoms. The normalized spacial score (nSPS) is 10.7. The Morgan fingerprint density at radius 3 is 2.78 bits per heavy atom. The van der Waals surface area contributed by atoms with Crippen molar-refractivity contribution in [3.63, 3.8) is 0 Å². The number of para-hydroxylation sites is 1. The number of nitrogen functional groups attached to an aromatic ring is 1. The molecule has 23 heavy (non-hydrogen) atoms. The van der Waals surface area contributed by atoms with E-state index >= 15 is 0 Å². The highest BCUT2D eigenvalue weighted by molar-refractivity contribution is 5.92. The molecule has 0 saturated carbocycles. The molecule has 0 bridgehead atoms. The van der Waals surface area contributed by atoms with E-state index < -0.39 is 5.97 Å². The van der Waals surface area contributed by atoms with Crippen LogP contribution in [0.5, 0.6) is 0 Å². The maximum absolute atomic E-state index is 12.1. The molecule has 0 unspecified atom stereocenters. The van der Waals surface area contributed by atoms with Gasteiger partial charge in [-0.3, -0.25) is 0 Å². The lowest BCUT2D eigenvalue weighted by molar-refractivity contribution is 0.0428. The molecule has 2 aromatic heterocycles. The third-order valence-electron chi connectivity index (χ3n) is 3.05. The first-order valence-corrected chi connectivity index (χ1v) is 6.86. The van der Waals surface area contributed by atoms with E-state index in [4.69, 9.17) is 14.9 Å². The largest absolute Gasteiger partial charge is 0.452 e. The molecule has 0 radical (unpaired) electrons. The number of nitrogens with two attached hydrogens (primary N) is 1. The number of aromatic nitrogens is 3. The summed E-state index contributed by atoms with van der Waals surface area (Å²) in [5.74, 6) is 0.268. The van der Waals surface area contributed by atoms with Crippen molar-refractivity contribution in [2.24, 2.45) is 0 Å². The number of hydrogen-bond acceptors (Lipinski definition) is 8. The van der Waals surface area contributed by atoms with E-state index in [0.717, 1.165) is 5.39 Å². The molecule has 0 aliphatic carbocycles. The van der Waals surface area contributed by atoms with E-state index in [1.165, 1.54) is 0 Å². The number of benzene rings is 1. The van der Waals surface area contributed by atoms with E-state index in [1.807, 2.05) is 18.2 Å². The molecule has 0 amide bonds. The number of nitrogens with zero attached hydrogens (tertiary/aromatic N) is 4. The molecule has 3 rings (SSSR count). The van der Waals surface area contributed by atoms with Crippen molar-refractivity contribution < 1.29 is 13.9 Å². The number of carbonyl (C=O) groups excluding carboxylic acids is 1. The Balaban J connectivity index is 1.73. The lowest BCUT2D eigenvalue weighted by Gasteiger charge is -2.11. The zero-order valence-electron chi connectivity index (χ0n) is 12.7. The van der Waals surface area contributed by atoms with Gasteiger partial charge in [0.05, 0.1) is 0 Å². The predicted molar refractivity (Wildman–Crippen MR) is 83.9 cm³/mol. The van der Waals surface area contributed by atoms with Gasteiger partial charge >= 0.3 is 5.97 Å². The first-order valence-electron chi connectivity index (χ1n) is 6.86. The lowest BCUT2D eigenvalue weighted by Crippen LogP contribution is -2.17. The third-order valence-corrected chi connectivity index (χ3v) is 3.05. The van der Waals surface area contributed by atoms with Crippen LogP contribution in [0.3, 0.4) is 0 Å². The molecule has 0 saturated heterocycles. The van der Waals surface area contributed by atoms with Crippen LogP contribution in [0.15, 0.2) is 34.7 Å². The van der Waals surface area contributed by atoms with Crippen molar-refractivity contribution in [2.75, 3.05) is 24.7 Å². The first kappa shape index (κ1) is 14.8. The summed E-state index contributed by atoms with van der Waals surface area (Å²) >= 11 is 0. The lowest BCUT2D eigenvalue weighted by atomic mass is 10.2. The molecule has 118 valence electrons. The second kappa shape index (κ2) is 5.91. The van der Waals surface area contributed by atoms with Crippen LogP contribution in [0.4, 0.5) is 11.9 Å². The van der Waals surface area contributed by atoms with E-state index in [0.29, 0.717) is 11.5 Å². The SMILES string of the molecule is CN(C)c1nc(N)nc(COC(=O)c2cc3ccccc3o2)n1. The molecular formula is C15H15N5O3. The summed E-state index contributed by atoms with van der Waals surface area (Å²) in [5, 5.41) is 0.832. The number of furan rings is 1. The summed E-state index contributed by atoms with van der Waals surface area (Å²) in [7, 11) is 3.55. The number of hydrogen-bond donors (Lipinski definition) is 1. The average Bonchev–Trinajstić information content (AvgIpc) is 2.96. The van der Waals surface area contributed by atoms with Crippen molar-refractivity contribution in [2.45, 2.75) is 6.61 Å². The molecule has 8 nitrogen and oxygen atoms in total. The Morgan fingerprint density at radius 2 is 2.04 bits per heavy atom. The van der Waals surface area contributed by atoms with Crippen molar-refractivity contribution in [1.29, 1.82) is 0 Å². The Morgan fingerprint density at radius 1 is 1.26 bits per heavy atom. The zero-order chi connectivity index (χ0) is 16.4. The Labute approximate surface area is 131 Å². The van der Waals surface area contributed by atoms with Crippen LogP contribution in [-0.2, 0) is 11.3 Å². The number of fused-ring (bicyclic) bond motifs is 1. The van der Waals surface area contributed by atoms with Crippen molar-refractivity contribution in [3.05, 3.63) is 41.9 Å². The second-order valence-corrected chi connectivity index (χ2v) is 5.03. The van der Waals surface area contributed by atoms with Gasteiger partial charge in [0.1, 0.15) is 5.58 Å². The van der Waals surface area contributed by atoms with E-state index in [1.54, 1.807) is 31.1 Å². The minimum atomic E-state index is -0.591. The Hall–Kier alpha value is -3.16. The second-order valence-electron chi connectivity index (χ2n) is 5.03. The van der Waals surface area contributed by atoms with Crippen LogP contribution in [0.25, 0.3) is 11.0 Å². The van der Waals surface area contributed by atoms with Gasteiger partial charge in [0.25, 0.3) is 0 Å². The highest BCUT2D eigenvalue weighted by Gasteiger charge is 2.15. The highest BCUT2D eigenvalue weighted by Crippen LogP contribution is 2.19. The molecule has 3 aromatic rings. The van der Waals surface area contributed by atoms with Gasteiger partial charge in [0, 0.05) is 19.5 Å². The number of ether oxygens (including phenoxy) is 1. The van der Waals surface area contributed by atoms with Gasteiger partial charge in [-0.25, -0.2) is 4.79 Å². The quantitative estimate of drug-likeness (QED) is 0.724. The van der Waals surface area contributed by atoms with Crippen molar-refractivity contribution in [1.82, 2.24) is 15.0 Å². The summed E-state index contributed by atoms with van der Waals surface area (Å²) < 4.78 is 10.6. The minimum Gasteiger partial charge on any atom is -0.452 e. The maximum atomic E-state index is 12.1. The van der Waals surface area contributed by atoms with Gasteiger partial charge < -0.3 is 19.8 Å². The van der Waals surface area contributed by atoms with Crippen LogP contribution in [0.2, 0.25) is 0 Å². The number of rotatable bonds is 4. The van der Waals surface area contributed by atoms with Crippen LogP contribution in [-0.4, -0.2) is 35.0 Å². The van der Waals surface area contributed by atoms with Crippen molar-refractivity contribution in [3.8, 4) is 0 Å². The Bertz CT molecular complexity index is 826. The molecule has 8 heteroatoms. The van der Waals surface area contributed by atoms with E-state index in [-0.39, 0.29) is 24.1 Å². The van der Waals surface area contributed by atoms with Gasteiger partial charge in [0.2, 0.25) is 17.7 Å². The third kappa shape index (κ3) is 3.20. The van der Waals surface area contributed by atoms with E-state index in [9.17, 15) is 4.79 Å². The van der Waals surface area contributed by atoms with Crippen molar-refractivity contribution >= 4 is 28.8 Å². The van der Waals surface area contributed by atoms with Gasteiger partial charge in [-0.15, -0.1) is 0 Å². The number of anilines is 2. The fraction of sp³-hybridized carbons (Fsp3) is 0.200. The maximum Gasteiger partial charge on any atom is 0.374 e. The van der Waals surface area contributed by atoms with Crippen LogP contribution in [0, 0.1) is 0 Å². The molecule has 0 fully saturated rings. The van der Waals surface area contributed by atoms with Gasteiger partial charge in [-0.2, -0.15) is 15.0 Å². The fourth-order valence-corrected chi connectivity index (χ4v) is 1.97. The minimum absolute atomic E-state index is 0.0680. The standard InChI is InChI=1S/C15H15N5O3/c1-20(2)15-18-12(17-14(16)19-15)8-22-13(21)11-7-9-5-3-4-6-10(9)23-11/h3-7H,8H2,1-2H3,(H2,16,17,18,19). The van der Waals surface area contributed by atoms with Gasteiger partial charge in [0.15, 0.2) is 12.4 Å².